The fourth-order valence-electron chi connectivity index (χ4n) is 7.67. The van der Waals surface area contributed by atoms with Crippen LogP contribution in [0.5, 0.6) is 46.0 Å². The van der Waals surface area contributed by atoms with Gasteiger partial charge in [0.25, 0.3) is 0 Å². The van der Waals surface area contributed by atoms with Crippen molar-refractivity contribution in [3.05, 3.63) is 99.1 Å². The number of allylic oxidation sites excluding steroid dienone is 1. The number of ether oxygens (including phenoxy) is 8. The second kappa shape index (κ2) is 17.2. The number of fused-ring (bicyclic) bond motifs is 2. The lowest BCUT2D eigenvalue weighted by Gasteiger charge is -2.29. The van der Waals surface area contributed by atoms with Gasteiger partial charge in [0.05, 0.1) is 56.9 Å². The first-order chi connectivity index (χ1) is 25.9. The van der Waals surface area contributed by atoms with E-state index in [-0.39, 0.29) is 12.1 Å². The van der Waals surface area contributed by atoms with Crippen LogP contribution in [0.25, 0.3) is 6.08 Å². The molecule has 2 aliphatic rings. The van der Waals surface area contributed by atoms with E-state index >= 15 is 0 Å². The molecule has 0 aliphatic carbocycles. The summed E-state index contributed by atoms with van der Waals surface area (Å²) < 4.78 is 45.7. The van der Waals surface area contributed by atoms with Gasteiger partial charge in [-0.3, -0.25) is 0 Å². The molecule has 0 saturated carbocycles. The predicted octanol–water partition coefficient (Wildman–Crippen LogP) is 6.87. The Morgan fingerprint density at radius 2 is 0.849 bits per heavy atom. The van der Waals surface area contributed by atoms with Crippen molar-refractivity contribution >= 4 is 6.08 Å². The van der Waals surface area contributed by atoms with Crippen LogP contribution in [0.15, 0.2) is 54.6 Å². The lowest BCUT2D eigenvalue weighted by Crippen LogP contribution is -2.31. The van der Waals surface area contributed by atoms with Crippen molar-refractivity contribution in [2.75, 3.05) is 70.0 Å². The first-order valence-electron chi connectivity index (χ1n) is 18.0. The number of nitrogens with one attached hydrogen (secondary N) is 2. The van der Waals surface area contributed by atoms with E-state index in [0.717, 1.165) is 78.5 Å². The molecular formula is C43H52N2O8. The van der Waals surface area contributed by atoms with E-state index < -0.39 is 0 Å². The molecule has 10 nitrogen and oxygen atoms in total. The van der Waals surface area contributed by atoms with Crippen LogP contribution in [0, 0.1) is 0 Å². The lowest BCUT2D eigenvalue weighted by atomic mass is 9.87. The molecule has 0 aromatic heterocycles. The van der Waals surface area contributed by atoms with E-state index in [0.29, 0.717) is 29.4 Å². The fraction of sp³-hybridized carbons (Fsp3) is 0.395. The average Bonchev–Trinajstić information content (AvgIpc) is 3.20. The van der Waals surface area contributed by atoms with Crippen molar-refractivity contribution in [1.82, 2.24) is 10.6 Å². The molecule has 2 aliphatic heterocycles. The van der Waals surface area contributed by atoms with Gasteiger partial charge in [-0.25, -0.2) is 0 Å². The molecule has 0 saturated heterocycles. The highest BCUT2D eigenvalue weighted by Gasteiger charge is 2.26. The molecule has 4 aromatic carbocycles. The highest BCUT2D eigenvalue weighted by molar-refractivity contribution is 5.62. The second-order valence-corrected chi connectivity index (χ2v) is 13.2. The first kappa shape index (κ1) is 37.7. The minimum absolute atomic E-state index is 0.0747. The molecule has 0 bridgehead atoms. The summed E-state index contributed by atoms with van der Waals surface area (Å²) in [5, 5.41) is 7.48. The summed E-state index contributed by atoms with van der Waals surface area (Å²) in [4.78, 5) is 0. The highest BCUT2D eigenvalue weighted by atomic mass is 16.5. The Balaban J connectivity index is 1.33. The normalized spacial score (nSPS) is 16.4. The number of rotatable bonds is 15. The van der Waals surface area contributed by atoms with Crippen molar-refractivity contribution < 1.29 is 37.9 Å². The maximum Gasteiger partial charge on any atom is 0.161 e. The smallest absolute Gasteiger partial charge is 0.161 e. The summed E-state index contributed by atoms with van der Waals surface area (Å²) in [5.41, 5.74) is 9.48. The van der Waals surface area contributed by atoms with Gasteiger partial charge in [-0.05, 0) is 138 Å². The summed E-state index contributed by atoms with van der Waals surface area (Å²) in [6, 6.07) is 16.9. The molecule has 4 aromatic rings. The number of methoxy groups -OCH3 is 8. The Labute approximate surface area is 313 Å². The van der Waals surface area contributed by atoms with Crippen LogP contribution in [0.3, 0.4) is 0 Å². The molecule has 282 valence electrons. The van der Waals surface area contributed by atoms with Gasteiger partial charge in [-0.15, -0.1) is 0 Å². The third-order valence-corrected chi connectivity index (χ3v) is 10.4. The average molecular weight is 725 g/mol. The van der Waals surface area contributed by atoms with Crippen LogP contribution in [-0.4, -0.2) is 70.0 Å². The van der Waals surface area contributed by atoms with Crippen molar-refractivity contribution in [3.8, 4) is 46.0 Å². The summed E-state index contributed by atoms with van der Waals surface area (Å²) in [7, 11) is 13.4. The second-order valence-electron chi connectivity index (χ2n) is 13.2. The first-order valence-corrected chi connectivity index (χ1v) is 18.0. The van der Waals surface area contributed by atoms with Crippen LogP contribution < -0.4 is 48.5 Å². The maximum absolute atomic E-state index is 5.77. The summed E-state index contributed by atoms with van der Waals surface area (Å²) in [5.74, 6) is 5.73. The highest BCUT2D eigenvalue weighted by Crippen LogP contribution is 2.40. The van der Waals surface area contributed by atoms with Gasteiger partial charge in [-0.2, -0.15) is 0 Å². The van der Waals surface area contributed by atoms with Gasteiger partial charge >= 0.3 is 0 Å². The van der Waals surface area contributed by atoms with Crippen LogP contribution >= 0.6 is 0 Å². The van der Waals surface area contributed by atoms with Gasteiger partial charge < -0.3 is 48.5 Å². The van der Waals surface area contributed by atoms with E-state index in [2.05, 4.69) is 71.3 Å². The van der Waals surface area contributed by atoms with E-state index in [4.69, 9.17) is 37.9 Å². The quantitative estimate of drug-likeness (QED) is 0.135. The fourth-order valence-corrected chi connectivity index (χ4v) is 7.67. The molecule has 0 spiro atoms. The molecule has 0 amide bonds. The largest absolute Gasteiger partial charge is 0.493 e. The molecule has 6 rings (SSSR count). The summed E-state index contributed by atoms with van der Waals surface area (Å²) in [6.07, 6.45) is 8.41. The minimum Gasteiger partial charge on any atom is -0.493 e. The van der Waals surface area contributed by atoms with Crippen molar-refractivity contribution in [1.29, 1.82) is 0 Å². The molecule has 53 heavy (non-hydrogen) atoms. The Morgan fingerprint density at radius 3 is 1.32 bits per heavy atom. The van der Waals surface area contributed by atoms with E-state index in [9.17, 15) is 0 Å². The molecule has 10 heteroatoms. The molecule has 0 unspecified atom stereocenters. The van der Waals surface area contributed by atoms with Gasteiger partial charge in [0.1, 0.15) is 0 Å². The summed E-state index contributed by atoms with van der Waals surface area (Å²) in [6.45, 7) is 1.74. The number of hydrogen-bond acceptors (Lipinski definition) is 10. The Hall–Kier alpha value is -5.06. The van der Waals surface area contributed by atoms with Crippen molar-refractivity contribution in [2.24, 2.45) is 0 Å². The van der Waals surface area contributed by atoms with Crippen LogP contribution in [0.1, 0.15) is 56.6 Å². The van der Waals surface area contributed by atoms with E-state index in [1.165, 1.54) is 27.8 Å². The van der Waals surface area contributed by atoms with Crippen LogP contribution in [0.2, 0.25) is 0 Å². The summed E-state index contributed by atoms with van der Waals surface area (Å²) >= 11 is 0. The Morgan fingerprint density at radius 1 is 0.472 bits per heavy atom. The maximum atomic E-state index is 5.77. The Bertz CT molecular complexity index is 1940. The third-order valence-electron chi connectivity index (χ3n) is 10.4. The number of hydrogen-bond donors (Lipinski definition) is 2. The van der Waals surface area contributed by atoms with Crippen molar-refractivity contribution in [3.63, 3.8) is 0 Å². The van der Waals surface area contributed by atoms with Gasteiger partial charge in [0.15, 0.2) is 46.0 Å². The van der Waals surface area contributed by atoms with Gasteiger partial charge in [0.2, 0.25) is 0 Å². The van der Waals surface area contributed by atoms with E-state index in [1.807, 2.05) is 0 Å². The topological polar surface area (TPSA) is 97.9 Å². The Kier molecular flexibility index (Phi) is 12.2. The monoisotopic (exact) mass is 724 g/mol. The van der Waals surface area contributed by atoms with Crippen molar-refractivity contribution in [2.45, 2.75) is 44.2 Å². The zero-order valence-electron chi connectivity index (χ0n) is 32.1. The SMILES string of the molecule is COc1cc(/C=C/Cc2cc(OC)c(OC)cc2C[C@H]2NCCc3cc(OC)c(OC)cc32)c(C[C@H]2NCCc3cc(OC)c(OC)cc32)cc1OC. The molecule has 2 heterocycles. The predicted molar refractivity (Wildman–Crippen MR) is 207 cm³/mol. The molecule has 2 atom stereocenters. The van der Waals surface area contributed by atoms with Crippen LogP contribution in [-0.2, 0) is 32.1 Å². The minimum atomic E-state index is 0.0747. The van der Waals surface area contributed by atoms with Gasteiger partial charge in [-0.1, -0.05) is 12.2 Å². The number of benzene rings is 4. The molecule has 2 N–H and O–H groups in total. The van der Waals surface area contributed by atoms with E-state index in [1.54, 1.807) is 56.9 Å². The standard InChI is InChI=1S/C43H52N2O8/c1-46-36-18-26(30(22-40(36)50-5)16-34-32-24-42(52-7)38(48-3)20-28(32)12-14-44-34)10-9-11-27-19-37(47-2)41(51-6)23-31(27)17-35-33-25-43(53-8)39(49-4)21-29(33)13-15-45-35/h9-10,18-25,34-35,44-45H,11-17H2,1-8H3/b10-9+/t34-,35-/m1/s1. The van der Waals surface area contributed by atoms with Crippen LogP contribution in [0.4, 0.5) is 0 Å². The molecule has 0 fully saturated rings. The zero-order chi connectivity index (χ0) is 37.5. The molecular weight excluding hydrogens is 672 g/mol. The lowest BCUT2D eigenvalue weighted by molar-refractivity contribution is 0.351. The third kappa shape index (κ3) is 7.99. The van der Waals surface area contributed by atoms with Gasteiger partial charge in [0, 0.05) is 12.1 Å². The zero-order valence-corrected chi connectivity index (χ0v) is 32.1. The molecule has 0 radical (unpaired) electrons.